The first kappa shape index (κ1) is 13.8. The van der Waals surface area contributed by atoms with E-state index in [2.05, 4.69) is 9.97 Å². The third kappa shape index (κ3) is 3.03. The number of nitrogens with zero attached hydrogens (tertiary/aromatic N) is 3. The molecule has 1 aromatic heterocycles. The van der Waals surface area contributed by atoms with Gasteiger partial charge in [-0.25, -0.2) is 9.78 Å². The van der Waals surface area contributed by atoms with Gasteiger partial charge in [-0.3, -0.25) is 4.98 Å². The fraction of sp³-hybridized carbons (Fsp3) is 0.643. The molecule has 2 heterocycles. The lowest BCUT2D eigenvalue weighted by Gasteiger charge is -2.34. The summed E-state index contributed by atoms with van der Waals surface area (Å²) in [7, 11) is 0. The predicted octanol–water partition coefficient (Wildman–Crippen LogP) is 2.02. The highest BCUT2D eigenvalue weighted by molar-refractivity contribution is 5.79. The molecular weight excluding hydrogens is 242 g/mol. The Balaban J connectivity index is 2.23. The summed E-state index contributed by atoms with van der Waals surface area (Å²) in [5.74, 6) is 0.628. The first-order chi connectivity index (χ1) is 9.13. The number of ether oxygens (including phenoxy) is 1. The molecule has 0 saturated carbocycles. The van der Waals surface area contributed by atoms with Crippen LogP contribution in [-0.4, -0.2) is 35.1 Å². The molecule has 1 unspecified atom stereocenters. The summed E-state index contributed by atoms with van der Waals surface area (Å²) in [6.45, 7) is 6.96. The first-order valence-corrected chi connectivity index (χ1v) is 6.87. The van der Waals surface area contributed by atoms with Crippen molar-refractivity contribution in [3.05, 3.63) is 17.6 Å². The molecule has 0 amide bonds. The number of carbonyl (C=O) groups is 1. The van der Waals surface area contributed by atoms with Crippen molar-refractivity contribution in [2.24, 2.45) is 0 Å². The van der Waals surface area contributed by atoms with E-state index in [0.29, 0.717) is 6.61 Å². The van der Waals surface area contributed by atoms with Crippen molar-refractivity contribution >= 4 is 11.8 Å². The van der Waals surface area contributed by atoms with Crippen LogP contribution >= 0.6 is 0 Å². The van der Waals surface area contributed by atoms with Gasteiger partial charge < -0.3 is 9.64 Å². The third-order valence-electron chi connectivity index (χ3n) is 3.54. The highest BCUT2D eigenvalue weighted by atomic mass is 16.5. The largest absolute Gasteiger partial charge is 0.464 e. The number of carbonyl (C=O) groups excluding carboxylic acids is 1. The van der Waals surface area contributed by atoms with Crippen molar-refractivity contribution in [2.45, 2.75) is 46.1 Å². The van der Waals surface area contributed by atoms with Gasteiger partial charge in [-0.2, -0.15) is 0 Å². The summed E-state index contributed by atoms with van der Waals surface area (Å²) < 4.78 is 5.16. The van der Waals surface area contributed by atoms with Crippen LogP contribution in [0.5, 0.6) is 0 Å². The molecule has 1 aromatic rings. The minimum Gasteiger partial charge on any atom is -0.464 e. The lowest BCUT2D eigenvalue weighted by atomic mass is 10.0. The van der Waals surface area contributed by atoms with Crippen molar-refractivity contribution < 1.29 is 9.53 Å². The van der Waals surface area contributed by atoms with E-state index in [-0.39, 0.29) is 12.0 Å². The van der Waals surface area contributed by atoms with Crippen LogP contribution in [0, 0.1) is 13.8 Å². The van der Waals surface area contributed by atoms with Gasteiger partial charge in [0.15, 0.2) is 0 Å². The lowest BCUT2D eigenvalue weighted by molar-refractivity contribution is -0.145. The third-order valence-corrected chi connectivity index (χ3v) is 3.54. The Hall–Kier alpha value is -1.65. The summed E-state index contributed by atoms with van der Waals surface area (Å²) >= 11 is 0. The van der Waals surface area contributed by atoms with E-state index in [9.17, 15) is 4.79 Å². The van der Waals surface area contributed by atoms with Crippen LogP contribution in [0.1, 0.15) is 37.6 Å². The van der Waals surface area contributed by atoms with Crippen LogP contribution in [0.2, 0.25) is 0 Å². The van der Waals surface area contributed by atoms with E-state index in [0.717, 1.165) is 43.0 Å². The molecule has 0 N–H and O–H groups in total. The Morgan fingerprint density at radius 3 is 2.89 bits per heavy atom. The Kier molecular flexibility index (Phi) is 4.35. The average Bonchev–Trinajstić information content (AvgIpc) is 2.42. The minimum absolute atomic E-state index is 0.151. The molecule has 1 aliphatic rings. The van der Waals surface area contributed by atoms with E-state index in [1.54, 1.807) is 6.20 Å². The summed E-state index contributed by atoms with van der Waals surface area (Å²) in [5, 5.41) is 0. The zero-order chi connectivity index (χ0) is 13.8. The number of esters is 1. The number of hydrogen-bond acceptors (Lipinski definition) is 5. The molecule has 2 rings (SSSR count). The number of rotatable bonds is 3. The maximum absolute atomic E-state index is 12.0. The molecule has 0 aliphatic carbocycles. The van der Waals surface area contributed by atoms with Crippen molar-refractivity contribution in [1.29, 1.82) is 0 Å². The highest BCUT2D eigenvalue weighted by Crippen LogP contribution is 2.24. The minimum atomic E-state index is -0.217. The molecule has 5 nitrogen and oxygen atoms in total. The quantitative estimate of drug-likeness (QED) is 0.781. The molecule has 104 valence electrons. The SMILES string of the molecule is CCOC(=O)C1CCCCN1c1cnc(C)c(C)n1. The van der Waals surface area contributed by atoms with Gasteiger partial charge in [0.2, 0.25) is 0 Å². The Labute approximate surface area is 114 Å². The number of piperidine rings is 1. The molecule has 1 aliphatic heterocycles. The van der Waals surface area contributed by atoms with Gasteiger partial charge >= 0.3 is 5.97 Å². The molecule has 0 spiro atoms. The number of aromatic nitrogens is 2. The smallest absolute Gasteiger partial charge is 0.328 e. The summed E-state index contributed by atoms with van der Waals surface area (Å²) in [6, 6.07) is -0.217. The number of aryl methyl sites for hydroxylation is 2. The molecule has 0 radical (unpaired) electrons. The van der Waals surface area contributed by atoms with Gasteiger partial charge in [0.05, 0.1) is 24.2 Å². The lowest BCUT2D eigenvalue weighted by Crippen LogP contribution is -2.46. The Morgan fingerprint density at radius 2 is 2.21 bits per heavy atom. The van der Waals surface area contributed by atoms with Gasteiger partial charge in [0.1, 0.15) is 11.9 Å². The van der Waals surface area contributed by atoms with E-state index < -0.39 is 0 Å². The van der Waals surface area contributed by atoms with Crippen LogP contribution in [0.15, 0.2) is 6.20 Å². The second-order valence-electron chi connectivity index (χ2n) is 4.86. The van der Waals surface area contributed by atoms with Crippen molar-refractivity contribution in [3.8, 4) is 0 Å². The summed E-state index contributed by atoms with van der Waals surface area (Å²) in [6.07, 6.45) is 4.70. The Morgan fingerprint density at radius 1 is 1.42 bits per heavy atom. The molecule has 1 atom stereocenters. The van der Waals surface area contributed by atoms with Crippen LogP contribution < -0.4 is 4.90 Å². The fourth-order valence-corrected chi connectivity index (χ4v) is 2.36. The number of hydrogen-bond donors (Lipinski definition) is 0. The van der Waals surface area contributed by atoms with Crippen molar-refractivity contribution in [1.82, 2.24) is 9.97 Å². The van der Waals surface area contributed by atoms with Gasteiger partial charge in [-0.15, -0.1) is 0 Å². The highest BCUT2D eigenvalue weighted by Gasteiger charge is 2.31. The second-order valence-corrected chi connectivity index (χ2v) is 4.86. The average molecular weight is 263 g/mol. The van der Waals surface area contributed by atoms with E-state index in [1.165, 1.54) is 0 Å². The van der Waals surface area contributed by atoms with Crippen LogP contribution in [0.3, 0.4) is 0 Å². The Bertz CT molecular complexity index is 462. The maximum atomic E-state index is 12.0. The van der Waals surface area contributed by atoms with Crippen LogP contribution in [0.4, 0.5) is 5.82 Å². The fourth-order valence-electron chi connectivity index (χ4n) is 2.36. The molecule has 1 saturated heterocycles. The maximum Gasteiger partial charge on any atom is 0.328 e. The second kappa shape index (κ2) is 5.99. The number of anilines is 1. The normalized spacial score (nSPS) is 19.3. The molecule has 0 aromatic carbocycles. The van der Waals surface area contributed by atoms with Gasteiger partial charge in [-0.1, -0.05) is 0 Å². The zero-order valence-corrected chi connectivity index (χ0v) is 11.8. The van der Waals surface area contributed by atoms with E-state index in [1.807, 2.05) is 25.7 Å². The summed E-state index contributed by atoms with van der Waals surface area (Å²) in [5.41, 5.74) is 1.83. The van der Waals surface area contributed by atoms with Crippen molar-refractivity contribution in [2.75, 3.05) is 18.1 Å². The van der Waals surface area contributed by atoms with Crippen molar-refractivity contribution in [3.63, 3.8) is 0 Å². The molecule has 0 bridgehead atoms. The van der Waals surface area contributed by atoms with Gasteiger partial charge in [0, 0.05) is 6.54 Å². The van der Waals surface area contributed by atoms with Gasteiger partial charge in [0.25, 0.3) is 0 Å². The molecule has 5 heteroatoms. The van der Waals surface area contributed by atoms with Crippen LogP contribution in [-0.2, 0) is 9.53 Å². The summed E-state index contributed by atoms with van der Waals surface area (Å²) in [4.78, 5) is 22.9. The first-order valence-electron chi connectivity index (χ1n) is 6.87. The van der Waals surface area contributed by atoms with E-state index in [4.69, 9.17) is 4.74 Å². The molecular formula is C14H21N3O2. The standard InChI is InChI=1S/C14H21N3O2/c1-4-19-14(18)12-7-5-6-8-17(12)13-9-15-10(2)11(3)16-13/h9,12H,4-8H2,1-3H3. The zero-order valence-electron chi connectivity index (χ0n) is 11.8. The van der Waals surface area contributed by atoms with Crippen LogP contribution in [0.25, 0.3) is 0 Å². The monoisotopic (exact) mass is 263 g/mol. The van der Waals surface area contributed by atoms with Gasteiger partial charge in [-0.05, 0) is 40.0 Å². The topological polar surface area (TPSA) is 55.3 Å². The molecule has 19 heavy (non-hydrogen) atoms. The molecule has 1 fully saturated rings. The predicted molar refractivity (Wildman–Crippen MR) is 73.1 cm³/mol. The van der Waals surface area contributed by atoms with E-state index >= 15 is 0 Å².